The molecule has 5 nitrogen and oxygen atoms in total. The van der Waals surface area contributed by atoms with E-state index in [0.717, 1.165) is 19.4 Å². The Morgan fingerprint density at radius 3 is 3.04 bits per heavy atom. The highest BCUT2D eigenvalue weighted by Gasteiger charge is 2.18. The molecule has 1 aromatic heterocycles. The van der Waals surface area contributed by atoms with Crippen LogP contribution in [0, 0.1) is 5.82 Å². The molecule has 0 unspecified atom stereocenters. The number of aromatic nitrogens is 1. The van der Waals surface area contributed by atoms with Gasteiger partial charge in [0.1, 0.15) is 23.9 Å². The molecule has 1 aliphatic rings. The van der Waals surface area contributed by atoms with Crippen LogP contribution in [0.2, 0.25) is 0 Å². The lowest BCUT2D eigenvalue weighted by Crippen LogP contribution is -2.18. The van der Waals surface area contributed by atoms with Gasteiger partial charge in [0, 0.05) is 18.9 Å². The summed E-state index contributed by atoms with van der Waals surface area (Å²) in [6, 6.07) is 9.03. The first-order chi connectivity index (χ1) is 11.2. The molecule has 0 spiro atoms. The first kappa shape index (κ1) is 15.4. The van der Waals surface area contributed by atoms with Crippen LogP contribution in [0.15, 0.2) is 42.6 Å². The molecule has 1 N–H and O–H groups in total. The van der Waals surface area contributed by atoms with Gasteiger partial charge in [-0.2, -0.15) is 0 Å². The maximum atomic E-state index is 13.5. The van der Waals surface area contributed by atoms with Gasteiger partial charge in [0.2, 0.25) is 0 Å². The maximum absolute atomic E-state index is 13.5. The van der Waals surface area contributed by atoms with Crippen molar-refractivity contribution >= 4 is 11.6 Å². The number of hydrogen-bond donors (Lipinski definition) is 1. The van der Waals surface area contributed by atoms with Crippen molar-refractivity contribution in [3.05, 3.63) is 54.1 Å². The van der Waals surface area contributed by atoms with Gasteiger partial charge in [0.25, 0.3) is 5.91 Å². The summed E-state index contributed by atoms with van der Waals surface area (Å²) in [5, 5.41) is 2.64. The number of anilines is 1. The van der Waals surface area contributed by atoms with Crippen molar-refractivity contribution in [1.82, 2.24) is 4.98 Å². The second-order valence-electron chi connectivity index (χ2n) is 5.26. The van der Waals surface area contributed by atoms with E-state index >= 15 is 0 Å². The van der Waals surface area contributed by atoms with Crippen molar-refractivity contribution < 1.29 is 18.7 Å². The fraction of sp³-hybridized carbons (Fsp3) is 0.294. The van der Waals surface area contributed by atoms with Crippen molar-refractivity contribution in [2.24, 2.45) is 0 Å². The minimum Gasteiger partial charge on any atom is -0.489 e. The van der Waals surface area contributed by atoms with Gasteiger partial charge in [-0.1, -0.05) is 6.07 Å². The largest absolute Gasteiger partial charge is 0.489 e. The highest BCUT2D eigenvalue weighted by molar-refractivity contribution is 6.03. The molecule has 1 saturated heterocycles. The van der Waals surface area contributed by atoms with E-state index in [2.05, 4.69) is 10.3 Å². The molecule has 2 aromatic rings. The van der Waals surface area contributed by atoms with Gasteiger partial charge < -0.3 is 14.8 Å². The van der Waals surface area contributed by atoms with E-state index in [1.807, 2.05) is 0 Å². The van der Waals surface area contributed by atoms with Crippen molar-refractivity contribution in [2.75, 3.05) is 18.5 Å². The summed E-state index contributed by atoms with van der Waals surface area (Å²) in [6.45, 7) is 1.11. The SMILES string of the molecule is O=C(Nc1cc(F)ccc1OC[C@H]1CCCO1)c1ccccn1. The lowest BCUT2D eigenvalue weighted by atomic mass is 10.2. The summed E-state index contributed by atoms with van der Waals surface area (Å²) in [5.41, 5.74) is 0.528. The van der Waals surface area contributed by atoms with E-state index in [-0.39, 0.29) is 17.5 Å². The first-order valence-corrected chi connectivity index (χ1v) is 7.49. The fourth-order valence-corrected chi connectivity index (χ4v) is 2.37. The van der Waals surface area contributed by atoms with Crippen LogP contribution in [0.5, 0.6) is 5.75 Å². The van der Waals surface area contributed by atoms with Gasteiger partial charge in [0.15, 0.2) is 0 Å². The summed E-state index contributed by atoms with van der Waals surface area (Å²) in [5.74, 6) is -0.463. The van der Waals surface area contributed by atoms with E-state index in [0.29, 0.717) is 12.4 Å². The average Bonchev–Trinajstić information content (AvgIpc) is 3.08. The van der Waals surface area contributed by atoms with Crippen LogP contribution < -0.4 is 10.1 Å². The second-order valence-corrected chi connectivity index (χ2v) is 5.26. The van der Waals surface area contributed by atoms with Gasteiger partial charge >= 0.3 is 0 Å². The zero-order valence-corrected chi connectivity index (χ0v) is 12.5. The highest BCUT2D eigenvalue weighted by atomic mass is 19.1. The second kappa shape index (κ2) is 7.19. The van der Waals surface area contributed by atoms with Gasteiger partial charge in [-0.25, -0.2) is 4.39 Å². The molecular weight excluding hydrogens is 299 g/mol. The van der Waals surface area contributed by atoms with Crippen LogP contribution in [0.1, 0.15) is 23.3 Å². The molecule has 2 heterocycles. The average molecular weight is 316 g/mol. The fourth-order valence-electron chi connectivity index (χ4n) is 2.37. The Morgan fingerprint density at radius 2 is 2.30 bits per heavy atom. The molecule has 1 atom stereocenters. The number of carbonyl (C=O) groups is 1. The minimum absolute atomic E-state index is 0.0411. The predicted octanol–water partition coefficient (Wildman–Crippen LogP) is 3.03. The molecular formula is C17H17FN2O3. The van der Waals surface area contributed by atoms with Crippen LogP contribution in [0.4, 0.5) is 10.1 Å². The normalized spacial score (nSPS) is 17.0. The summed E-state index contributed by atoms with van der Waals surface area (Å²) >= 11 is 0. The molecule has 1 amide bonds. The number of amides is 1. The number of ether oxygens (including phenoxy) is 2. The molecule has 1 fully saturated rings. The summed E-state index contributed by atoms with van der Waals surface area (Å²) in [6.07, 6.45) is 3.52. The topological polar surface area (TPSA) is 60.5 Å². The number of nitrogens with zero attached hydrogens (tertiary/aromatic N) is 1. The van der Waals surface area contributed by atoms with Crippen molar-refractivity contribution in [3.63, 3.8) is 0 Å². The molecule has 0 radical (unpaired) electrons. The smallest absolute Gasteiger partial charge is 0.274 e. The van der Waals surface area contributed by atoms with Crippen LogP contribution in [-0.2, 0) is 4.74 Å². The third-order valence-corrected chi connectivity index (χ3v) is 3.54. The Morgan fingerprint density at radius 1 is 1.39 bits per heavy atom. The molecule has 3 rings (SSSR count). The maximum Gasteiger partial charge on any atom is 0.274 e. The van der Waals surface area contributed by atoms with E-state index in [1.54, 1.807) is 18.2 Å². The van der Waals surface area contributed by atoms with Crippen molar-refractivity contribution in [1.29, 1.82) is 0 Å². The minimum atomic E-state index is -0.453. The third kappa shape index (κ3) is 4.04. The molecule has 120 valence electrons. The highest BCUT2D eigenvalue weighted by Crippen LogP contribution is 2.27. The van der Waals surface area contributed by atoms with Crippen molar-refractivity contribution in [3.8, 4) is 5.75 Å². The zero-order chi connectivity index (χ0) is 16.1. The number of rotatable bonds is 5. The first-order valence-electron chi connectivity index (χ1n) is 7.49. The van der Waals surface area contributed by atoms with Gasteiger partial charge in [0.05, 0.1) is 11.8 Å². The molecule has 1 aromatic carbocycles. The third-order valence-electron chi connectivity index (χ3n) is 3.54. The molecule has 6 heteroatoms. The molecule has 0 aliphatic carbocycles. The Balaban J connectivity index is 1.72. The summed E-state index contributed by atoms with van der Waals surface area (Å²) < 4.78 is 24.7. The van der Waals surface area contributed by atoms with Crippen molar-refractivity contribution in [2.45, 2.75) is 18.9 Å². The van der Waals surface area contributed by atoms with E-state index in [4.69, 9.17) is 9.47 Å². The number of benzene rings is 1. The van der Waals surface area contributed by atoms with Gasteiger partial charge in [-0.3, -0.25) is 9.78 Å². The molecule has 0 bridgehead atoms. The summed E-state index contributed by atoms with van der Waals surface area (Å²) in [4.78, 5) is 16.1. The number of nitrogens with one attached hydrogen (secondary N) is 1. The molecule has 1 aliphatic heterocycles. The number of pyridine rings is 1. The van der Waals surface area contributed by atoms with E-state index in [1.165, 1.54) is 24.4 Å². The predicted molar refractivity (Wildman–Crippen MR) is 83.1 cm³/mol. The van der Waals surface area contributed by atoms with Gasteiger partial charge in [-0.05, 0) is 37.1 Å². The lowest BCUT2D eigenvalue weighted by Gasteiger charge is -2.15. The monoisotopic (exact) mass is 316 g/mol. The number of hydrogen-bond acceptors (Lipinski definition) is 4. The quantitative estimate of drug-likeness (QED) is 0.921. The Hall–Kier alpha value is -2.47. The van der Waals surface area contributed by atoms with Gasteiger partial charge in [-0.15, -0.1) is 0 Å². The Bertz CT molecular complexity index is 673. The van der Waals surface area contributed by atoms with Crippen LogP contribution in [0.3, 0.4) is 0 Å². The zero-order valence-electron chi connectivity index (χ0n) is 12.5. The molecule has 23 heavy (non-hydrogen) atoms. The summed E-state index contributed by atoms with van der Waals surface area (Å²) in [7, 11) is 0. The van der Waals surface area contributed by atoms with Crippen LogP contribution >= 0.6 is 0 Å². The van der Waals surface area contributed by atoms with Crippen LogP contribution in [-0.4, -0.2) is 30.2 Å². The number of halogens is 1. The number of carbonyl (C=O) groups excluding carboxylic acids is 1. The Kier molecular flexibility index (Phi) is 4.83. The molecule has 0 saturated carbocycles. The lowest BCUT2D eigenvalue weighted by molar-refractivity contribution is 0.0681. The van der Waals surface area contributed by atoms with Crippen LogP contribution in [0.25, 0.3) is 0 Å². The standard InChI is InChI=1S/C17H17FN2O3/c18-12-6-7-16(23-11-13-4-3-9-22-13)15(10-12)20-17(21)14-5-1-2-8-19-14/h1-2,5-8,10,13H,3-4,9,11H2,(H,20,21)/t13-/m1/s1. The van der Waals surface area contributed by atoms with E-state index in [9.17, 15) is 9.18 Å². The Labute approximate surface area is 133 Å². The van der Waals surface area contributed by atoms with E-state index < -0.39 is 11.7 Å².